The molecule has 0 saturated heterocycles. The first-order valence-corrected chi connectivity index (χ1v) is 8.09. The van der Waals surface area contributed by atoms with Crippen molar-refractivity contribution in [3.05, 3.63) is 24.2 Å². The van der Waals surface area contributed by atoms with Gasteiger partial charge < -0.3 is 25.1 Å². The second-order valence-corrected chi connectivity index (χ2v) is 5.58. The number of hydrogen-bond donors (Lipinski definition) is 3. The molecule has 23 heavy (non-hydrogen) atoms. The van der Waals surface area contributed by atoms with Crippen molar-refractivity contribution in [2.45, 2.75) is 25.8 Å². The zero-order valence-electron chi connectivity index (χ0n) is 13.6. The molecule has 1 aromatic rings. The molecule has 0 aliphatic heterocycles. The Morgan fingerprint density at radius 2 is 2.26 bits per heavy atom. The zero-order valence-corrected chi connectivity index (χ0v) is 13.6. The van der Waals surface area contributed by atoms with Crippen LogP contribution in [0.2, 0.25) is 0 Å². The first-order chi connectivity index (χ1) is 11.3. The molecular formula is C16H26N4O3. The Hall–Kier alpha value is -2.02. The van der Waals surface area contributed by atoms with Crippen LogP contribution in [0, 0.1) is 5.92 Å². The van der Waals surface area contributed by atoms with Crippen LogP contribution >= 0.6 is 0 Å². The van der Waals surface area contributed by atoms with Gasteiger partial charge in [0, 0.05) is 26.8 Å². The topological polar surface area (TPSA) is 87.9 Å². The van der Waals surface area contributed by atoms with Gasteiger partial charge in [0.05, 0.1) is 19.4 Å². The number of aliphatic imine (C=N–C) groups is 1. The molecule has 0 unspecified atom stereocenters. The number of carbonyl (C=O) groups is 1. The van der Waals surface area contributed by atoms with Gasteiger partial charge in [-0.1, -0.05) is 0 Å². The smallest absolute Gasteiger partial charge is 0.239 e. The van der Waals surface area contributed by atoms with Gasteiger partial charge in [0.2, 0.25) is 5.91 Å². The number of furan rings is 1. The van der Waals surface area contributed by atoms with Gasteiger partial charge in [-0.05, 0) is 37.3 Å². The van der Waals surface area contributed by atoms with E-state index in [9.17, 15) is 4.79 Å². The molecule has 1 amide bonds. The largest absolute Gasteiger partial charge is 0.467 e. The van der Waals surface area contributed by atoms with Gasteiger partial charge in [0.15, 0.2) is 5.96 Å². The van der Waals surface area contributed by atoms with Crippen LogP contribution in [0.1, 0.15) is 25.0 Å². The van der Waals surface area contributed by atoms with E-state index in [0.29, 0.717) is 12.5 Å². The van der Waals surface area contributed by atoms with Crippen molar-refractivity contribution >= 4 is 11.9 Å². The molecule has 0 atom stereocenters. The summed E-state index contributed by atoms with van der Waals surface area (Å²) in [6.07, 6.45) is 5.13. The molecular weight excluding hydrogens is 296 g/mol. The summed E-state index contributed by atoms with van der Waals surface area (Å²) in [5, 5.41) is 8.90. The molecule has 1 heterocycles. The van der Waals surface area contributed by atoms with Gasteiger partial charge in [-0.3, -0.25) is 9.79 Å². The second-order valence-electron chi connectivity index (χ2n) is 5.58. The van der Waals surface area contributed by atoms with Gasteiger partial charge >= 0.3 is 0 Å². The highest BCUT2D eigenvalue weighted by atomic mass is 16.5. The summed E-state index contributed by atoms with van der Waals surface area (Å²) in [7, 11) is 1.68. The first kappa shape index (κ1) is 17.3. The standard InChI is InChI=1S/C16H26N4O3/c1-17-16(18-7-3-8-22-12-13-5-6-13)20-11-15(21)19-10-14-4-2-9-23-14/h2,4,9,13H,3,5-8,10-12H2,1H3,(H,19,21)(H2,17,18,20). The third-order valence-electron chi connectivity index (χ3n) is 3.49. The Kier molecular flexibility index (Phi) is 7.45. The Morgan fingerprint density at radius 3 is 2.96 bits per heavy atom. The lowest BCUT2D eigenvalue weighted by Crippen LogP contribution is -2.43. The predicted molar refractivity (Wildman–Crippen MR) is 88.1 cm³/mol. The summed E-state index contributed by atoms with van der Waals surface area (Å²) in [6, 6.07) is 3.61. The number of hydrogen-bond acceptors (Lipinski definition) is 4. The van der Waals surface area contributed by atoms with Gasteiger partial charge in [-0.2, -0.15) is 0 Å². The molecule has 0 bridgehead atoms. The molecule has 128 valence electrons. The minimum Gasteiger partial charge on any atom is -0.467 e. The lowest BCUT2D eigenvalue weighted by atomic mass is 10.4. The molecule has 0 aromatic carbocycles. The maximum absolute atomic E-state index is 11.7. The SMILES string of the molecule is CN=C(NCCCOCC1CC1)NCC(=O)NCc1ccco1. The van der Waals surface area contributed by atoms with E-state index in [2.05, 4.69) is 20.9 Å². The van der Waals surface area contributed by atoms with Crippen molar-refractivity contribution in [3.63, 3.8) is 0 Å². The van der Waals surface area contributed by atoms with E-state index in [-0.39, 0.29) is 12.5 Å². The molecule has 7 nitrogen and oxygen atoms in total. The molecule has 7 heteroatoms. The van der Waals surface area contributed by atoms with Crippen molar-refractivity contribution in [2.75, 3.05) is 33.4 Å². The molecule has 1 fully saturated rings. The van der Waals surface area contributed by atoms with Crippen LogP contribution < -0.4 is 16.0 Å². The summed E-state index contributed by atoms with van der Waals surface area (Å²) < 4.78 is 10.7. The van der Waals surface area contributed by atoms with Crippen molar-refractivity contribution in [1.29, 1.82) is 0 Å². The fourth-order valence-electron chi connectivity index (χ4n) is 1.96. The fraction of sp³-hybridized carbons (Fsp3) is 0.625. The second kappa shape index (κ2) is 9.89. The van der Waals surface area contributed by atoms with Crippen LogP contribution in [0.15, 0.2) is 27.8 Å². The van der Waals surface area contributed by atoms with Crippen LogP contribution in [0.5, 0.6) is 0 Å². The van der Waals surface area contributed by atoms with E-state index >= 15 is 0 Å². The Labute approximate surface area is 136 Å². The normalized spacial score (nSPS) is 14.6. The summed E-state index contributed by atoms with van der Waals surface area (Å²) >= 11 is 0. The summed E-state index contributed by atoms with van der Waals surface area (Å²) in [5.74, 6) is 2.03. The van der Waals surface area contributed by atoms with Crippen molar-refractivity contribution < 1.29 is 13.9 Å². The lowest BCUT2D eigenvalue weighted by molar-refractivity contribution is -0.120. The molecule has 2 rings (SSSR count). The van der Waals surface area contributed by atoms with Gasteiger partial charge in [0.1, 0.15) is 5.76 Å². The van der Waals surface area contributed by atoms with Gasteiger partial charge in [0.25, 0.3) is 0 Å². The number of rotatable bonds is 10. The molecule has 1 aromatic heterocycles. The van der Waals surface area contributed by atoms with Crippen LogP contribution in [-0.2, 0) is 16.1 Å². The summed E-state index contributed by atoms with van der Waals surface area (Å²) in [5.41, 5.74) is 0. The fourth-order valence-corrected chi connectivity index (χ4v) is 1.96. The maximum atomic E-state index is 11.7. The number of ether oxygens (including phenoxy) is 1. The van der Waals surface area contributed by atoms with E-state index in [1.165, 1.54) is 12.8 Å². The van der Waals surface area contributed by atoms with Gasteiger partial charge in [-0.15, -0.1) is 0 Å². The Morgan fingerprint density at radius 1 is 1.39 bits per heavy atom. The van der Waals surface area contributed by atoms with Crippen LogP contribution in [0.3, 0.4) is 0 Å². The third-order valence-corrected chi connectivity index (χ3v) is 3.49. The molecule has 1 saturated carbocycles. The summed E-state index contributed by atoms with van der Waals surface area (Å²) in [4.78, 5) is 15.8. The van der Waals surface area contributed by atoms with E-state index in [4.69, 9.17) is 9.15 Å². The number of nitrogens with zero attached hydrogens (tertiary/aromatic N) is 1. The minimum absolute atomic E-state index is 0.114. The average molecular weight is 322 g/mol. The highest BCUT2D eigenvalue weighted by Crippen LogP contribution is 2.28. The highest BCUT2D eigenvalue weighted by molar-refractivity contribution is 5.86. The maximum Gasteiger partial charge on any atom is 0.239 e. The monoisotopic (exact) mass is 322 g/mol. The summed E-state index contributed by atoms with van der Waals surface area (Å²) in [6.45, 7) is 2.96. The average Bonchev–Trinajstić information content (AvgIpc) is 3.24. The van der Waals surface area contributed by atoms with Crippen molar-refractivity contribution in [1.82, 2.24) is 16.0 Å². The minimum atomic E-state index is -0.114. The molecule has 1 aliphatic carbocycles. The van der Waals surface area contributed by atoms with E-state index in [1.807, 2.05) is 6.07 Å². The quantitative estimate of drug-likeness (QED) is 0.338. The number of guanidine groups is 1. The van der Waals surface area contributed by atoms with Crippen molar-refractivity contribution in [3.8, 4) is 0 Å². The molecule has 0 spiro atoms. The molecule has 1 aliphatic rings. The number of carbonyl (C=O) groups excluding carboxylic acids is 1. The number of nitrogens with one attached hydrogen (secondary N) is 3. The highest BCUT2D eigenvalue weighted by Gasteiger charge is 2.20. The van der Waals surface area contributed by atoms with E-state index in [0.717, 1.165) is 37.9 Å². The third kappa shape index (κ3) is 7.69. The first-order valence-electron chi connectivity index (χ1n) is 8.09. The predicted octanol–water partition coefficient (Wildman–Crippen LogP) is 0.878. The van der Waals surface area contributed by atoms with Crippen LogP contribution in [0.25, 0.3) is 0 Å². The molecule has 3 N–H and O–H groups in total. The molecule has 0 radical (unpaired) electrons. The van der Waals surface area contributed by atoms with Crippen LogP contribution in [0.4, 0.5) is 0 Å². The number of amides is 1. The van der Waals surface area contributed by atoms with Crippen molar-refractivity contribution in [2.24, 2.45) is 10.9 Å². The Bertz CT molecular complexity index is 484. The van der Waals surface area contributed by atoms with E-state index < -0.39 is 0 Å². The van der Waals surface area contributed by atoms with E-state index in [1.54, 1.807) is 19.4 Å². The van der Waals surface area contributed by atoms with Crippen LogP contribution in [-0.4, -0.2) is 45.2 Å². The Balaban J connectivity index is 1.48. The zero-order chi connectivity index (χ0) is 16.3. The van der Waals surface area contributed by atoms with Gasteiger partial charge in [-0.25, -0.2) is 0 Å². The lowest BCUT2D eigenvalue weighted by Gasteiger charge is -2.11.